The maximum absolute atomic E-state index is 13.8. The molecule has 2 rings (SSSR count). The second-order valence-electron chi connectivity index (χ2n) is 5.59. The van der Waals surface area contributed by atoms with Crippen molar-refractivity contribution in [3.63, 3.8) is 0 Å². The standard InChI is InChI=1S/C15H23FN2O2S/c1-3-4-9-18(2)21(19,20)14-7-8-15(16)12(10-14)11-17-13-5-6-13/h7-8,10,13,17H,3-6,9,11H2,1-2H3. The van der Waals surface area contributed by atoms with Gasteiger partial charge >= 0.3 is 0 Å². The van der Waals surface area contributed by atoms with E-state index in [0.717, 1.165) is 25.7 Å². The molecule has 6 heteroatoms. The zero-order chi connectivity index (χ0) is 15.5. The Kier molecular flexibility index (Phi) is 5.35. The third kappa shape index (κ3) is 4.25. The van der Waals surface area contributed by atoms with Crippen molar-refractivity contribution in [3.05, 3.63) is 29.6 Å². The molecule has 4 nitrogen and oxygen atoms in total. The van der Waals surface area contributed by atoms with Crippen molar-refractivity contribution < 1.29 is 12.8 Å². The topological polar surface area (TPSA) is 49.4 Å². The third-order valence-corrected chi connectivity index (χ3v) is 5.56. The number of nitrogens with one attached hydrogen (secondary N) is 1. The summed E-state index contributed by atoms with van der Waals surface area (Å²) < 4.78 is 40.0. The van der Waals surface area contributed by atoms with E-state index in [1.807, 2.05) is 6.92 Å². The fourth-order valence-electron chi connectivity index (χ4n) is 2.07. The van der Waals surface area contributed by atoms with Crippen LogP contribution in [0.15, 0.2) is 23.1 Å². The highest BCUT2D eigenvalue weighted by atomic mass is 32.2. The Labute approximate surface area is 126 Å². The van der Waals surface area contributed by atoms with Gasteiger partial charge in [0.05, 0.1) is 4.90 Å². The van der Waals surface area contributed by atoms with Gasteiger partial charge < -0.3 is 5.32 Å². The number of unbranched alkanes of at least 4 members (excludes halogenated alkanes) is 1. The molecule has 0 aliphatic heterocycles. The number of halogens is 1. The summed E-state index contributed by atoms with van der Waals surface area (Å²) in [5, 5.41) is 3.21. The smallest absolute Gasteiger partial charge is 0.242 e. The first-order chi connectivity index (χ1) is 9.95. The highest BCUT2D eigenvalue weighted by Crippen LogP contribution is 2.22. The average Bonchev–Trinajstić information content (AvgIpc) is 3.27. The molecule has 1 fully saturated rings. The summed E-state index contributed by atoms with van der Waals surface area (Å²) in [6.45, 7) is 2.87. The van der Waals surface area contributed by atoms with Crippen LogP contribution in [0.4, 0.5) is 4.39 Å². The fourth-order valence-corrected chi connectivity index (χ4v) is 3.33. The molecule has 1 aliphatic carbocycles. The molecule has 1 saturated carbocycles. The van der Waals surface area contributed by atoms with Crippen molar-refractivity contribution in [2.24, 2.45) is 0 Å². The fraction of sp³-hybridized carbons (Fsp3) is 0.600. The van der Waals surface area contributed by atoms with Gasteiger partial charge in [-0.1, -0.05) is 13.3 Å². The molecule has 1 N–H and O–H groups in total. The molecule has 0 radical (unpaired) electrons. The molecule has 1 aliphatic rings. The molecule has 0 amide bonds. The first kappa shape index (κ1) is 16.4. The van der Waals surface area contributed by atoms with Crippen LogP contribution in [0.25, 0.3) is 0 Å². The first-order valence-electron chi connectivity index (χ1n) is 7.43. The normalized spacial score (nSPS) is 15.6. The van der Waals surface area contributed by atoms with E-state index in [1.165, 1.54) is 22.5 Å². The Hall–Kier alpha value is -0.980. The number of hydrogen-bond acceptors (Lipinski definition) is 3. The van der Waals surface area contributed by atoms with Gasteiger partial charge in [-0.3, -0.25) is 0 Å². The Morgan fingerprint density at radius 3 is 2.71 bits per heavy atom. The van der Waals surface area contributed by atoms with Gasteiger partial charge in [0.1, 0.15) is 5.82 Å². The molecule has 0 spiro atoms. The van der Waals surface area contributed by atoms with Crippen molar-refractivity contribution >= 4 is 10.0 Å². The van der Waals surface area contributed by atoms with Crippen LogP contribution < -0.4 is 5.32 Å². The second-order valence-corrected chi connectivity index (χ2v) is 7.63. The molecular formula is C15H23FN2O2S. The van der Waals surface area contributed by atoms with Crippen molar-refractivity contribution in [2.45, 2.75) is 50.1 Å². The van der Waals surface area contributed by atoms with Gasteiger partial charge in [-0.2, -0.15) is 0 Å². The van der Waals surface area contributed by atoms with Crippen molar-refractivity contribution in [3.8, 4) is 0 Å². The zero-order valence-electron chi connectivity index (χ0n) is 12.6. The van der Waals surface area contributed by atoms with Crippen molar-refractivity contribution in [1.29, 1.82) is 0 Å². The van der Waals surface area contributed by atoms with Crippen LogP contribution in [0.1, 0.15) is 38.2 Å². The first-order valence-corrected chi connectivity index (χ1v) is 8.87. The number of hydrogen-bond donors (Lipinski definition) is 1. The van der Waals surface area contributed by atoms with E-state index in [2.05, 4.69) is 5.32 Å². The summed E-state index contributed by atoms with van der Waals surface area (Å²) in [4.78, 5) is 0.162. The van der Waals surface area contributed by atoms with Gasteiger partial charge in [-0.25, -0.2) is 17.1 Å². The lowest BCUT2D eigenvalue weighted by Crippen LogP contribution is -2.28. The summed E-state index contributed by atoms with van der Waals surface area (Å²) in [7, 11) is -1.97. The minimum absolute atomic E-state index is 0.162. The van der Waals surface area contributed by atoms with Crippen LogP contribution in [-0.2, 0) is 16.6 Å². The van der Waals surface area contributed by atoms with Gasteiger partial charge in [-0.05, 0) is 37.5 Å². The quantitative estimate of drug-likeness (QED) is 0.802. The van der Waals surface area contributed by atoms with E-state index < -0.39 is 10.0 Å². The van der Waals surface area contributed by atoms with Gasteiger partial charge in [0, 0.05) is 31.7 Å². The maximum atomic E-state index is 13.8. The van der Waals surface area contributed by atoms with Crippen LogP contribution in [-0.4, -0.2) is 32.4 Å². The predicted octanol–water partition coefficient (Wildman–Crippen LogP) is 2.50. The van der Waals surface area contributed by atoms with E-state index in [1.54, 1.807) is 7.05 Å². The van der Waals surface area contributed by atoms with Crippen molar-refractivity contribution in [1.82, 2.24) is 9.62 Å². The Bertz CT molecular complexity index is 585. The lowest BCUT2D eigenvalue weighted by Gasteiger charge is -2.17. The minimum Gasteiger partial charge on any atom is -0.310 e. The largest absolute Gasteiger partial charge is 0.310 e. The van der Waals surface area contributed by atoms with Gasteiger partial charge in [-0.15, -0.1) is 0 Å². The molecule has 0 bridgehead atoms. The molecule has 21 heavy (non-hydrogen) atoms. The van der Waals surface area contributed by atoms with Crippen molar-refractivity contribution in [2.75, 3.05) is 13.6 Å². The van der Waals surface area contributed by atoms with E-state index >= 15 is 0 Å². The summed E-state index contributed by atoms with van der Waals surface area (Å²) in [5.74, 6) is -0.363. The number of rotatable bonds is 8. The predicted molar refractivity (Wildman–Crippen MR) is 81.0 cm³/mol. The molecule has 1 aromatic carbocycles. The van der Waals surface area contributed by atoms with E-state index in [9.17, 15) is 12.8 Å². The van der Waals surface area contributed by atoms with Gasteiger partial charge in [0.25, 0.3) is 0 Å². The Morgan fingerprint density at radius 2 is 2.10 bits per heavy atom. The third-order valence-electron chi connectivity index (χ3n) is 3.71. The van der Waals surface area contributed by atoms with Gasteiger partial charge in [0.2, 0.25) is 10.0 Å². The molecule has 1 aromatic rings. The molecule has 0 saturated heterocycles. The molecular weight excluding hydrogens is 291 g/mol. The minimum atomic E-state index is -3.53. The highest BCUT2D eigenvalue weighted by Gasteiger charge is 2.23. The number of sulfonamides is 1. The molecule has 0 aromatic heterocycles. The summed E-state index contributed by atoms with van der Waals surface area (Å²) in [6.07, 6.45) is 3.96. The molecule has 0 unspecified atom stereocenters. The Morgan fingerprint density at radius 1 is 1.38 bits per heavy atom. The van der Waals surface area contributed by atoms with Crippen LogP contribution in [0.3, 0.4) is 0 Å². The lowest BCUT2D eigenvalue weighted by atomic mass is 10.2. The summed E-state index contributed by atoms with van der Waals surface area (Å²) >= 11 is 0. The zero-order valence-corrected chi connectivity index (χ0v) is 13.4. The van der Waals surface area contributed by atoms with E-state index in [-0.39, 0.29) is 10.7 Å². The monoisotopic (exact) mass is 314 g/mol. The van der Waals surface area contributed by atoms with E-state index in [0.29, 0.717) is 24.7 Å². The van der Waals surface area contributed by atoms with Crippen LogP contribution >= 0.6 is 0 Å². The number of nitrogens with zero attached hydrogens (tertiary/aromatic N) is 1. The summed E-state index contributed by atoms with van der Waals surface area (Å²) in [5.41, 5.74) is 0.409. The average molecular weight is 314 g/mol. The lowest BCUT2D eigenvalue weighted by molar-refractivity contribution is 0.459. The van der Waals surface area contributed by atoms with E-state index in [4.69, 9.17) is 0 Å². The van der Waals surface area contributed by atoms with Gasteiger partial charge in [0.15, 0.2) is 0 Å². The molecule has 118 valence electrons. The van der Waals surface area contributed by atoms with Crippen LogP contribution in [0.2, 0.25) is 0 Å². The van der Waals surface area contributed by atoms with Crippen LogP contribution in [0.5, 0.6) is 0 Å². The van der Waals surface area contributed by atoms with Crippen LogP contribution in [0, 0.1) is 5.82 Å². The Balaban J connectivity index is 2.15. The highest BCUT2D eigenvalue weighted by molar-refractivity contribution is 7.89. The second kappa shape index (κ2) is 6.85. The molecule has 0 heterocycles. The maximum Gasteiger partial charge on any atom is 0.242 e. The SMILES string of the molecule is CCCCN(C)S(=O)(=O)c1ccc(F)c(CNC2CC2)c1. The number of benzene rings is 1. The summed E-state index contributed by atoms with van der Waals surface area (Å²) in [6, 6.07) is 4.48. The molecule has 0 atom stereocenters.